The fourth-order valence-electron chi connectivity index (χ4n) is 2.92. The molecule has 0 aliphatic carbocycles. The number of pyridine rings is 1. The van der Waals surface area contributed by atoms with Crippen molar-refractivity contribution in [3.05, 3.63) is 53.9 Å². The monoisotopic (exact) mass is 384 g/mol. The van der Waals surface area contributed by atoms with Crippen molar-refractivity contribution in [3.8, 4) is 11.5 Å². The molecule has 7 heteroatoms. The maximum absolute atomic E-state index is 12.7. The van der Waals surface area contributed by atoms with Crippen LogP contribution < -0.4 is 9.47 Å². The molecule has 0 spiro atoms. The number of fused-ring (bicyclic) bond motifs is 1. The Morgan fingerprint density at radius 1 is 1.11 bits per heavy atom. The van der Waals surface area contributed by atoms with E-state index in [0.29, 0.717) is 50.0 Å². The molecule has 0 atom stereocenters. The lowest BCUT2D eigenvalue weighted by Crippen LogP contribution is -2.34. The van der Waals surface area contributed by atoms with Crippen molar-refractivity contribution in [1.29, 1.82) is 0 Å². The van der Waals surface area contributed by atoms with Gasteiger partial charge in [0.2, 0.25) is 5.91 Å². The van der Waals surface area contributed by atoms with Crippen molar-refractivity contribution in [2.45, 2.75) is 19.4 Å². The molecule has 0 bridgehead atoms. The predicted octanol–water partition coefficient (Wildman–Crippen LogP) is 2.49. The largest absolute Gasteiger partial charge is 0.486 e. The van der Waals surface area contributed by atoms with E-state index in [-0.39, 0.29) is 24.5 Å². The molecule has 28 heavy (non-hydrogen) atoms. The van der Waals surface area contributed by atoms with E-state index in [1.165, 1.54) is 0 Å². The summed E-state index contributed by atoms with van der Waals surface area (Å²) < 4.78 is 16.1. The van der Waals surface area contributed by atoms with Gasteiger partial charge in [-0.25, -0.2) is 0 Å². The molecule has 0 fully saturated rings. The number of carbonyl (C=O) groups is 2. The van der Waals surface area contributed by atoms with E-state index in [2.05, 4.69) is 4.98 Å². The Hall–Kier alpha value is -2.93. The molecule has 7 nitrogen and oxygen atoms in total. The molecule has 148 valence electrons. The maximum Gasteiger partial charge on any atom is 0.223 e. The normalized spacial score (nSPS) is 12.5. The van der Waals surface area contributed by atoms with E-state index >= 15 is 0 Å². The Balaban J connectivity index is 1.59. The zero-order valence-electron chi connectivity index (χ0n) is 15.9. The van der Waals surface area contributed by atoms with Gasteiger partial charge in [-0.1, -0.05) is 6.07 Å². The topological polar surface area (TPSA) is 78.0 Å². The van der Waals surface area contributed by atoms with Crippen molar-refractivity contribution in [2.24, 2.45) is 0 Å². The molecule has 2 aromatic rings. The third-order valence-electron chi connectivity index (χ3n) is 4.43. The summed E-state index contributed by atoms with van der Waals surface area (Å²) in [6, 6.07) is 10.7. The zero-order chi connectivity index (χ0) is 19.8. The van der Waals surface area contributed by atoms with Crippen molar-refractivity contribution in [2.75, 3.05) is 33.5 Å². The first kappa shape index (κ1) is 19.8. The quantitative estimate of drug-likeness (QED) is 0.618. The van der Waals surface area contributed by atoms with Crippen LogP contribution in [-0.2, 0) is 16.1 Å². The fraction of sp³-hybridized carbons (Fsp3) is 0.381. The minimum absolute atomic E-state index is 0.102. The van der Waals surface area contributed by atoms with Crippen LogP contribution in [0.2, 0.25) is 0 Å². The fourth-order valence-corrected chi connectivity index (χ4v) is 2.92. The second-order valence-electron chi connectivity index (χ2n) is 6.41. The third-order valence-corrected chi connectivity index (χ3v) is 4.43. The highest BCUT2D eigenvalue weighted by atomic mass is 16.6. The highest BCUT2D eigenvalue weighted by molar-refractivity contribution is 5.98. The first-order valence-electron chi connectivity index (χ1n) is 9.27. The van der Waals surface area contributed by atoms with Crippen molar-refractivity contribution in [3.63, 3.8) is 0 Å². The molecule has 0 saturated carbocycles. The number of amides is 1. The highest BCUT2D eigenvalue weighted by Crippen LogP contribution is 2.31. The van der Waals surface area contributed by atoms with Crippen molar-refractivity contribution in [1.82, 2.24) is 9.88 Å². The maximum atomic E-state index is 12.7. The number of benzene rings is 1. The Kier molecular flexibility index (Phi) is 6.97. The van der Waals surface area contributed by atoms with Gasteiger partial charge in [-0.05, 0) is 30.3 Å². The van der Waals surface area contributed by atoms with Gasteiger partial charge in [0.15, 0.2) is 17.3 Å². The van der Waals surface area contributed by atoms with E-state index in [9.17, 15) is 9.59 Å². The number of hydrogen-bond acceptors (Lipinski definition) is 6. The predicted molar refractivity (Wildman–Crippen MR) is 103 cm³/mol. The first-order valence-corrected chi connectivity index (χ1v) is 9.27. The van der Waals surface area contributed by atoms with Gasteiger partial charge in [0.05, 0.1) is 18.8 Å². The van der Waals surface area contributed by atoms with Gasteiger partial charge in [0.25, 0.3) is 0 Å². The Morgan fingerprint density at radius 2 is 1.93 bits per heavy atom. The minimum atomic E-state index is -0.103. The van der Waals surface area contributed by atoms with Gasteiger partial charge in [-0.2, -0.15) is 0 Å². The molecule has 2 heterocycles. The van der Waals surface area contributed by atoms with Crippen molar-refractivity contribution >= 4 is 11.7 Å². The smallest absolute Gasteiger partial charge is 0.223 e. The van der Waals surface area contributed by atoms with E-state index in [1.54, 1.807) is 36.4 Å². The molecule has 0 saturated heterocycles. The van der Waals surface area contributed by atoms with Crippen LogP contribution in [0.4, 0.5) is 0 Å². The Labute approximate surface area is 164 Å². The molecule has 1 aromatic carbocycles. The number of hydrogen-bond donors (Lipinski definition) is 0. The second-order valence-corrected chi connectivity index (χ2v) is 6.41. The molecule has 1 aliphatic heterocycles. The summed E-state index contributed by atoms with van der Waals surface area (Å²) in [7, 11) is 1.59. The van der Waals surface area contributed by atoms with Crippen LogP contribution in [0.1, 0.15) is 28.9 Å². The minimum Gasteiger partial charge on any atom is -0.486 e. The van der Waals surface area contributed by atoms with E-state index < -0.39 is 0 Å². The molecule has 0 unspecified atom stereocenters. The average Bonchev–Trinajstić information content (AvgIpc) is 2.75. The van der Waals surface area contributed by atoms with Gasteiger partial charge >= 0.3 is 0 Å². The molecule has 1 amide bonds. The van der Waals surface area contributed by atoms with Crippen LogP contribution in [0, 0.1) is 0 Å². The van der Waals surface area contributed by atoms with Gasteiger partial charge in [0, 0.05) is 38.3 Å². The summed E-state index contributed by atoms with van der Waals surface area (Å²) >= 11 is 0. The number of aromatic nitrogens is 1. The number of rotatable bonds is 9. The number of nitrogens with zero attached hydrogens (tertiary/aromatic N) is 2. The summed E-state index contributed by atoms with van der Waals surface area (Å²) in [5.41, 5.74) is 1.32. The summed E-state index contributed by atoms with van der Waals surface area (Å²) in [4.78, 5) is 31.1. The number of carbonyl (C=O) groups excluding carboxylic acids is 2. The number of methoxy groups -OCH3 is 1. The number of ketones is 1. The molecular weight excluding hydrogens is 360 g/mol. The summed E-state index contributed by atoms with van der Waals surface area (Å²) in [5.74, 6) is 1.00. The van der Waals surface area contributed by atoms with Gasteiger partial charge in [0.1, 0.15) is 13.2 Å². The van der Waals surface area contributed by atoms with Crippen LogP contribution in [-0.4, -0.2) is 55.0 Å². The zero-order valence-corrected chi connectivity index (χ0v) is 15.9. The molecular formula is C21H24N2O5. The van der Waals surface area contributed by atoms with Crippen LogP contribution in [0.5, 0.6) is 11.5 Å². The third kappa shape index (κ3) is 5.29. The van der Waals surface area contributed by atoms with Gasteiger partial charge in [-0.3, -0.25) is 14.6 Å². The highest BCUT2D eigenvalue weighted by Gasteiger charge is 2.18. The molecule has 1 aliphatic rings. The Bertz CT molecular complexity index is 810. The molecule has 1 aromatic heterocycles. The summed E-state index contributed by atoms with van der Waals surface area (Å²) in [6.45, 7) is 2.23. The van der Waals surface area contributed by atoms with Gasteiger partial charge in [-0.15, -0.1) is 0 Å². The number of Topliss-reactive ketones (excluding diaryl/α,β-unsaturated/α-hetero) is 1. The number of ether oxygens (including phenoxy) is 3. The summed E-state index contributed by atoms with van der Waals surface area (Å²) in [5, 5.41) is 0. The molecule has 0 N–H and O–H groups in total. The van der Waals surface area contributed by atoms with E-state index in [1.807, 2.05) is 18.2 Å². The lowest BCUT2D eigenvalue weighted by Gasteiger charge is -2.22. The van der Waals surface area contributed by atoms with Crippen LogP contribution >= 0.6 is 0 Å². The van der Waals surface area contributed by atoms with Gasteiger partial charge < -0.3 is 19.1 Å². The molecule has 3 rings (SSSR count). The van der Waals surface area contributed by atoms with Crippen molar-refractivity contribution < 1.29 is 23.8 Å². The average molecular weight is 384 g/mol. The van der Waals surface area contributed by atoms with Crippen LogP contribution in [0.3, 0.4) is 0 Å². The first-order chi connectivity index (χ1) is 13.7. The molecule has 0 radical (unpaired) electrons. The van der Waals surface area contributed by atoms with Crippen LogP contribution in [0.15, 0.2) is 42.6 Å². The van der Waals surface area contributed by atoms with E-state index in [4.69, 9.17) is 14.2 Å². The van der Waals surface area contributed by atoms with E-state index in [0.717, 1.165) is 5.69 Å². The lowest BCUT2D eigenvalue weighted by molar-refractivity contribution is -0.132. The Morgan fingerprint density at radius 3 is 2.68 bits per heavy atom. The lowest BCUT2D eigenvalue weighted by atomic mass is 10.1. The SMILES string of the molecule is COCCN(Cc1ccccn1)C(=O)CCC(=O)c1ccc2c(c1)OCCO2. The standard InChI is InChI=1S/C21H24N2O5/c1-26-11-10-23(15-17-4-2-3-9-22-17)21(25)8-6-18(24)16-5-7-19-20(14-16)28-13-12-27-19/h2-5,7,9,14H,6,8,10-13,15H2,1H3. The second kappa shape index (κ2) is 9.85. The van der Waals surface area contributed by atoms with Crippen LogP contribution in [0.25, 0.3) is 0 Å². The summed E-state index contributed by atoms with van der Waals surface area (Å²) in [6.07, 6.45) is 1.95.